The summed E-state index contributed by atoms with van der Waals surface area (Å²) in [6, 6.07) is 5.89. The van der Waals surface area contributed by atoms with Crippen LogP contribution >= 0.6 is 0 Å². The number of unbranched alkanes of at least 4 members (excludes halogenated alkanes) is 3. The Morgan fingerprint density at radius 1 is 1.17 bits per heavy atom. The Hall–Kier alpha value is -1.84. The molecule has 0 unspecified atom stereocenters. The van der Waals surface area contributed by atoms with Crippen molar-refractivity contribution in [3.63, 3.8) is 0 Å². The van der Waals surface area contributed by atoms with Crippen molar-refractivity contribution < 1.29 is 0 Å². The molecule has 0 spiro atoms. The third kappa shape index (κ3) is 3.32. The zero-order valence-electron chi connectivity index (χ0n) is 10.8. The van der Waals surface area contributed by atoms with Crippen molar-refractivity contribution >= 4 is 5.69 Å². The lowest BCUT2D eigenvalue weighted by Gasteiger charge is -2.10. The highest BCUT2D eigenvalue weighted by Gasteiger charge is 2.04. The second-order valence-corrected chi connectivity index (χ2v) is 4.31. The molecule has 2 rings (SSSR count). The van der Waals surface area contributed by atoms with E-state index in [0.29, 0.717) is 0 Å². The molecule has 0 aliphatic carbocycles. The summed E-state index contributed by atoms with van der Waals surface area (Å²) in [6.45, 7) is 3.21. The molecule has 0 aromatic carbocycles. The topological polar surface area (TPSA) is 42.7 Å². The van der Waals surface area contributed by atoms with E-state index in [4.69, 9.17) is 0 Å². The van der Waals surface area contributed by atoms with Crippen molar-refractivity contribution in [2.45, 2.75) is 32.6 Å². The first-order valence-corrected chi connectivity index (χ1v) is 6.60. The fourth-order valence-corrected chi connectivity index (χ4v) is 1.89. The summed E-state index contributed by atoms with van der Waals surface area (Å²) in [5.41, 5.74) is 1.04. The molecule has 2 aromatic rings. The van der Waals surface area contributed by atoms with E-state index in [9.17, 15) is 0 Å². The molecule has 0 saturated heterocycles. The number of hydrogen-bond donors (Lipinski definition) is 1. The Bertz CT molecular complexity index is 451. The van der Waals surface area contributed by atoms with Crippen molar-refractivity contribution in [3.8, 4) is 5.82 Å². The average Bonchev–Trinajstić information content (AvgIpc) is 2.93. The van der Waals surface area contributed by atoms with Gasteiger partial charge in [-0.2, -0.15) is 5.10 Å². The molecule has 2 aromatic heterocycles. The Morgan fingerprint density at radius 3 is 2.89 bits per heavy atom. The fraction of sp³-hybridized carbons (Fsp3) is 0.429. The molecule has 4 nitrogen and oxygen atoms in total. The van der Waals surface area contributed by atoms with Gasteiger partial charge in [-0.15, -0.1) is 0 Å². The number of nitrogens with zero attached hydrogens (tertiary/aromatic N) is 3. The first-order valence-electron chi connectivity index (χ1n) is 6.60. The summed E-state index contributed by atoms with van der Waals surface area (Å²) in [6.07, 6.45) is 10.5. The SMILES string of the molecule is CCCCCCNc1cccnc1-n1cccn1. The number of anilines is 1. The van der Waals surface area contributed by atoms with Gasteiger partial charge in [0, 0.05) is 25.1 Å². The van der Waals surface area contributed by atoms with Crippen LogP contribution in [-0.2, 0) is 0 Å². The molecule has 0 saturated carbocycles. The summed E-state index contributed by atoms with van der Waals surface area (Å²) in [4.78, 5) is 4.37. The van der Waals surface area contributed by atoms with E-state index >= 15 is 0 Å². The molecule has 0 bridgehead atoms. The maximum atomic E-state index is 4.37. The lowest BCUT2D eigenvalue weighted by molar-refractivity contribution is 0.684. The molecular formula is C14H20N4. The Morgan fingerprint density at radius 2 is 2.11 bits per heavy atom. The van der Waals surface area contributed by atoms with E-state index in [0.717, 1.165) is 18.1 Å². The van der Waals surface area contributed by atoms with Gasteiger partial charge >= 0.3 is 0 Å². The number of hydrogen-bond acceptors (Lipinski definition) is 3. The van der Waals surface area contributed by atoms with Gasteiger partial charge < -0.3 is 5.32 Å². The molecule has 18 heavy (non-hydrogen) atoms. The molecule has 0 amide bonds. The van der Waals surface area contributed by atoms with Crippen LogP contribution < -0.4 is 5.32 Å². The van der Waals surface area contributed by atoms with Crippen LogP contribution in [0.25, 0.3) is 5.82 Å². The molecule has 0 aliphatic heterocycles. The Kier molecular flexibility index (Phi) is 4.76. The molecule has 0 radical (unpaired) electrons. The summed E-state index contributed by atoms with van der Waals surface area (Å²) in [7, 11) is 0. The highest BCUT2D eigenvalue weighted by Crippen LogP contribution is 2.16. The molecule has 0 aliphatic rings. The van der Waals surface area contributed by atoms with E-state index in [2.05, 4.69) is 22.3 Å². The maximum absolute atomic E-state index is 4.37. The van der Waals surface area contributed by atoms with Crippen LogP contribution in [0, 0.1) is 0 Å². The van der Waals surface area contributed by atoms with Crippen molar-refractivity contribution in [3.05, 3.63) is 36.8 Å². The van der Waals surface area contributed by atoms with Crippen LogP contribution in [-0.4, -0.2) is 21.3 Å². The quantitative estimate of drug-likeness (QED) is 0.760. The second kappa shape index (κ2) is 6.79. The first kappa shape index (κ1) is 12.6. The highest BCUT2D eigenvalue weighted by molar-refractivity contribution is 5.56. The van der Waals surface area contributed by atoms with Gasteiger partial charge in [-0.05, 0) is 24.6 Å². The lowest BCUT2D eigenvalue weighted by atomic mass is 10.2. The molecule has 4 heteroatoms. The molecule has 96 valence electrons. The van der Waals surface area contributed by atoms with Crippen LogP contribution in [0.5, 0.6) is 0 Å². The standard InChI is InChI=1S/C14H20N4/c1-2-3-4-5-9-15-13-8-6-10-16-14(13)18-12-7-11-17-18/h6-8,10-12,15H,2-5,9H2,1H3. The van der Waals surface area contributed by atoms with Crippen molar-refractivity contribution in [2.75, 3.05) is 11.9 Å². The van der Waals surface area contributed by atoms with Gasteiger partial charge in [0.15, 0.2) is 5.82 Å². The zero-order valence-corrected chi connectivity index (χ0v) is 10.8. The predicted molar refractivity (Wildman–Crippen MR) is 74.0 cm³/mol. The van der Waals surface area contributed by atoms with Crippen LogP contribution in [0.3, 0.4) is 0 Å². The van der Waals surface area contributed by atoms with Gasteiger partial charge in [0.05, 0.1) is 5.69 Å². The second-order valence-electron chi connectivity index (χ2n) is 4.31. The Labute approximate surface area is 108 Å². The average molecular weight is 244 g/mol. The largest absolute Gasteiger partial charge is 0.382 e. The van der Waals surface area contributed by atoms with Gasteiger partial charge in [-0.1, -0.05) is 26.2 Å². The molecule has 1 N–H and O–H groups in total. The predicted octanol–water partition coefficient (Wildman–Crippen LogP) is 3.26. The summed E-state index contributed by atoms with van der Waals surface area (Å²) >= 11 is 0. The highest BCUT2D eigenvalue weighted by atomic mass is 15.3. The van der Waals surface area contributed by atoms with Crippen molar-refractivity contribution in [1.82, 2.24) is 14.8 Å². The first-order chi connectivity index (χ1) is 8.92. The van der Waals surface area contributed by atoms with E-state index < -0.39 is 0 Å². The van der Waals surface area contributed by atoms with Gasteiger partial charge in [-0.25, -0.2) is 9.67 Å². The van der Waals surface area contributed by atoms with Crippen LogP contribution in [0.1, 0.15) is 32.6 Å². The van der Waals surface area contributed by atoms with Crippen LogP contribution in [0.15, 0.2) is 36.8 Å². The van der Waals surface area contributed by atoms with Gasteiger partial charge in [0.25, 0.3) is 0 Å². The molecule has 0 fully saturated rings. The van der Waals surface area contributed by atoms with E-state index in [1.165, 1.54) is 25.7 Å². The van der Waals surface area contributed by atoms with Gasteiger partial charge in [0.1, 0.15) is 0 Å². The van der Waals surface area contributed by atoms with Gasteiger partial charge in [-0.3, -0.25) is 0 Å². The summed E-state index contributed by atoms with van der Waals surface area (Å²) < 4.78 is 1.79. The third-order valence-corrected chi connectivity index (χ3v) is 2.85. The van der Waals surface area contributed by atoms with E-state index in [-0.39, 0.29) is 0 Å². The zero-order chi connectivity index (χ0) is 12.6. The third-order valence-electron chi connectivity index (χ3n) is 2.85. The fourth-order valence-electron chi connectivity index (χ4n) is 1.89. The number of nitrogens with one attached hydrogen (secondary N) is 1. The smallest absolute Gasteiger partial charge is 0.176 e. The van der Waals surface area contributed by atoms with Crippen LogP contribution in [0.2, 0.25) is 0 Å². The van der Waals surface area contributed by atoms with Crippen molar-refractivity contribution in [2.24, 2.45) is 0 Å². The molecule has 0 atom stereocenters. The Balaban J connectivity index is 1.96. The normalized spacial score (nSPS) is 10.5. The van der Waals surface area contributed by atoms with Crippen molar-refractivity contribution in [1.29, 1.82) is 0 Å². The monoisotopic (exact) mass is 244 g/mol. The van der Waals surface area contributed by atoms with Crippen LogP contribution in [0.4, 0.5) is 5.69 Å². The number of aromatic nitrogens is 3. The van der Waals surface area contributed by atoms with E-state index in [1.54, 1.807) is 17.1 Å². The molecule has 2 heterocycles. The minimum absolute atomic E-state index is 0.859. The summed E-state index contributed by atoms with van der Waals surface area (Å²) in [5, 5.41) is 7.66. The van der Waals surface area contributed by atoms with E-state index in [1.807, 2.05) is 24.4 Å². The maximum Gasteiger partial charge on any atom is 0.176 e. The molecular weight excluding hydrogens is 224 g/mol. The number of rotatable bonds is 7. The lowest BCUT2D eigenvalue weighted by Crippen LogP contribution is -2.07. The van der Waals surface area contributed by atoms with Gasteiger partial charge in [0.2, 0.25) is 0 Å². The minimum Gasteiger partial charge on any atom is -0.382 e. The summed E-state index contributed by atoms with van der Waals surface area (Å²) in [5.74, 6) is 0.859. The number of pyridine rings is 1. The minimum atomic E-state index is 0.859.